The number of hydrogen-bond donors (Lipinski definition) is 0. The van der Waals surface area contributed by atoms with E-state index in [1.54, 1.807) is 0 Å². The first-order valence-corrected chi connectivity index (χ1v) is 10.9. The first-order valence-electron chi connectivity index (χ1n) is 10.9. The molecule has 0 atom stereocenters. The Morgan fingerprint density at radius 1 is 0.429 bits per heavy atom. The average Bonchev–Trinajstić information content (AvgIpc) is 2.67. The highest BCUT2D eigenvalue weighted by atomic mass is 14.3. The van der Waals surface area contributed by atoms with Gasteiger partial charge >= 0.3 is 0 Å². The minimum atomic E-state index is 0.148. The second-order valence-electron chi connectivity index (χ2n) is 9.15. The van der Waals surface area contributed by atoms with Crippen molar-refractivity contribution in [2.75, 3.05) is 0 Å². The van der Waals surface area contributed by atoms with E-state index >= 15 is 0 Å². The van der Waals surface area contributed by atoms with Gasteiger partial charge in [-0.15, -0.1) is 0 Å². The Morgan fingerprint density at radius 3 is 1.00 bits per heavy atom. The van der Waals surface area contributed by atoms with Crippen LogP contribution in [0.15, 0.2) is 48.5 Å². The molecular weight excluding hydrogens is 336 g/mol. The van der Waals surface area contributed by atoms with E-state index in [4.69, 9.17) is 0 Å². The third kappa shape index (κ3) is 3.75. The predicted octanol–water partition coefficient (Wildman–Crippen LogP) is 9.23. The fraction of sp³-hybridized carbons (Fsp3) is 0.429. The maximum atomic E-state index is 2.32. The molecule has 4 rings (SSSR count). The molecule has 0 amide bonds. The number of rotatable bonds is 0. The van der Waals surface area contributed by atoms with E-state index in [9.17, 15) is 0 Å². The molecule has 0 N–H and O–H groups in total. The Hall–Kier alpha value is -2.08. The summed E-state index contributed by atoms with van der Waals surface area (Å²) in [6, 6.07) is 18.5. The van der Waals surface area contributed by atoms with Crippen LogP contribution in [-0.4, -0.2) is 0 Å². The van der Waals surface area contributed by atoms with Crippen LogP contribution in [0.25, 0.3) is 32.3 Å². The lowest BCUT2D eigenvalue weighted by atomic mass is 9.78. The first kappa shape index (κ1) is 22.2. The summed E-state index contributed by atoms with van der Waals surface area (Å²) in [6.07, 6.45) is 0. The molecule has 0 saturated carbocycles. The summed E-state index contributed by atoms with van der Waals surface area (Å²) >= 11 is 0. The van der Waals surface area contributed by atoms with Crippen LogP contribution in [0.1, 0.15) is 80.4 Å². The fourth-order valence-electron chi connectivity index (χ4n) is 4.11. The molecule has 4 aromatic carbocycles. The standard InChI is InChI=1S/C24H26.2C2H6/c1-23(2,3)19-13-9-15-8-12-18-20(24(4,5)6)14-10-16-7-11-17(19)21(15)22(16)18;2*1-2/h7-14H,1-6H3;2*1-2H3. The summed E-state index contributed by atoms with van der Waals surface area (Å²) in [5.74, 6) is 0. The lowest BCUT2D eigenvalue weighted by molar-refractivity contribution is 0.595. The van der Waals surface area contributed by atoms with Crippen molar-refractivity contribution in [1.29, 1.82) is 0 Å². The Labute approximate surface area is 172 Å². The van der Waals surface area contributed by atoms with Gasteiger partial charge in [-0.05, 0) is 54.3 Å². The van der Waals surface area contributed by atoms with Gasteiger partial charge in [0.1, 0.15) is 0 Å². The van der Waals surface area contributed by atoms with Gasteiger partial charge in [-0.1, -0.05) is 118 Å². The van der Waals surface area contributed by atoms with Gasteiger partial charge in [-0.2, -0.15) is 0 Å². The van der Waals surface area contributed by atoms with Gasteiger partial charge in [0.2, 0.25) is 0 Å². The van der Waals surface area contributed by atoms with Gasteiger partial charge in [-0.25, -0.2) is 0 Å². The van der Waals surface area contributed by atoms with Crippen LogP contribution in [0.2, 0.25) is 0 Å². The van der Waals surface area contributed by atoms with Gasteiger partial charge in [-0.3, -0.25) is 0 Å². The van der Waals surface area contributed by atoms with Crippen molar-refractivity contribution >= 4 is 32.3 Å². The van der Waals surface area contributed by atoms with E-state index < -0.39 is 0 Å². The minimum absolute atomic E-state index is 0.148. The molecule has 150 valence electrons. The molecule has 4 aromatic rings. The zero-order valence-electron chi connectivity index (χ0n) is 19.6. The largest absolute Gasteiger partial charge is 0.0683 e. The molecule has 0 heterocycles. The maximum Gasteiger partial charge on any atom is -0.00237 e. The second-order valence-corrected chi connectivity index (χ2v) is 9.15. The normalized spacial score (nSPS) is 11.9. The SMILES string of the molecule is CC.CC.CC(C)(C)c1ccc2ccc3c(C(C)(C)C)ccc4ccc1c2c43. The van der Waals surface area contributed by atoms with E-state index in [-0.39, 0.29) is 10.8 Å². The summed E-state index contributed by atoms with van der Waals surface area (Å²) < 4.78 is 0. The smallest absolute Gasteiger partial charge is 0.00237 e. The Morgan fingerprint density at radius 2 is 0.714 bits per heavy atom. The quantitative estimate of drug-likeness (QED) is 0.269. The Kier molecular flexibility index (Phi) is 6.44. The van der Waals surface area contributed by atoms with E-state index in [1.807, 2.05) is 27.7 Å². The first-order chi connectivity index (χ1) is 13.2. The molecule has 0 radical (unpaired) electrons. The van der Waals surface area contributed by atoms with E-state index in [2.05, 4.69) is 90.1 Å². The van der Waals surface area contributed by atoms with Gasteiger partial charge in [0.25, 0.3) is 0 Å². The molecule has 0 bridgehead atoms. The Bertz CT molecular complexity index is 965. The molecular formula is C28H38. The van der Waals surface area contributed by atoms with Crippen molar-refractivity contribution in [3.8, 4) is 0 Å². The molecule has 0 saturated heterocycles. The van der Waals surface area contributed by atoms with Gasteiger partial charge in [0, 0.05) is 0 Å². The van der Waals surface area contributed by atoms with Crippen molar-refractivity contribution in [2.24, 2.45) is 0 Å². The van der Waals surface area contributed by atoms with Crippen LogP contribution in [0.3, 0.4) is 0 Å². The molecule has 0 aromatic heterocycles. The minimum Gasteiger partial charge on any atom is -0.0683 e. The molecule has 0 fully saturated rings. The summed E-state index contributed by atoms with van der Waals surface area (Å²) in [5.41, 5.74) is 3.17. The van der Waals surface area contributed by atoms with E-state index in [0.717, 1.165) is 0 Å². The topological polar surface area (TPSA) is 0 Å². The molecule has 0 aliphatic heterocycles. The van der Waals surface area contributed by atoms with Gasteiger partial charge < -0.3 is 0 Å². The lowest BCUT2D eigenvalue weighted by Gasteiger charge is -2.25. The zero-order chi connectivity index (χ0) is 21.3. The summed E-state index contributed by atoms with van der Waals surface area (Å²) in [6.45, 7) is 21.8. The summed E-state index contributed by atoms with van der Waals surface area (Å²) in [5, 5.41) is 8.38. The van der Waals surface area contributed by atoms with Gasteiger partial charge in [0.05, 0.1) is 0 Å². The van der Waals surface area contributed by atoms with Crippen LogP contribution >= 0.6 is 0 Å². The maximum absolute atomic E-state index is 2.32. The summed E-state index contributed by atoms with van der Waals surface area (Å²) in [4.78, 5) is 0. The molecule has 0 aliphatic carbocycles. The highest BCUT2D eigenvalue weighted by Gasteiger charge is 2.22. The lowest BCUT2D eigenvalue weighted by Crippen LogP contribution is -2.13. The van der Waals surface area contributed by atoms with Crippen LogP contribution in [0, 0.1) is 0 Å². The zero-order valence-corrected chi connectivity index (χ0v) is 19.6. The molecule has 0 heteroatoms. The fourth-order valence-corrected chi connectivity index (χ4v) is 4.11. The van der Waals surface area contributed by atoms with Crippen LogP contribution in [0.5, 0.6) is 0 Å². The predicted molar refractivity (Wildman–Crippen MR) is 130 cm³/mol. The molecule has 0 nitrogen and oxygen atoms in total. The number of hydrogen-bond acceptors (Lipinski definition) is 0. The van der Waals surface area contributed by atoms with Gasteiger partial charge in [0.15, 0.2) is 0 Å². The average molecular weight is 375 g/mol. The molecule has 0 spiro atoms. The number of benzene rings is 4. The van der Waals surface area contributed by atoms with Crippen molar-refractivity contribution in [2.45, 2.75) is 80.1 Å². The molecule has 0 aliphatic rings. The highest BCUT2D eigenvalue weighted by molar-refractivity contribution is 6.24. The van der Waals surface area contributed by atoms with Crippen molar-refractivity contribution in [3.63, 3.8) is 0 Å². The van der Waals surface area contributed by atoms with Crippen molar-refractivity contribution in [1.82, 2.24) is 0 Å². The highest BCUT2D eigenvalue weighted by Crippen LogP contribution is 2.42. The second kappa shape index (κ2) is 8.11. The Balaban J connectivity index is 0.000000660. The van der Waals surface area contributed by atoms with E-state index in [1.165, 1.54) is 43.4 Å². The third-order valence-electron chi connectivity index (χ3n) is 5.28. The van der Waals surface area contributed by atoms with E-state index in [0.29, 0.717) is 0 Å². The molecule has 28 heavy (non-hydrogen) atoms. The third-order valence-corrected chi connectivity index (χ3v) is 5.28. The monoisotopic (exact) mass is 374 g/mol. The van der Waals surface area contributed by atoms with Crippen molar-refractivity contribution in [3.05, 3.63) is 59.7 Å². The van der Waals surface area contributed by atoms with Crippen molar-refractivity contribution < 1.29 is 0 Å². The summed E-state index contributed by atoms with van der Waals surface area (Å²) in [7, 11) is 0. The van der Waals surface area contributed by atoms with Crippen LogP contribution in [-0.2, 0) is 10.8 Å². The molecule has 0 unspecified atom stereocenters. The van der Waals surface area contributed by atoms with Crippen LogP contribution in [0.4, 0.5) is 0 Å². The van der Waals surface area contributed by atoms with Crippen LogP contribution < -0.4 is 0 Å².